The van der Waals surface area contributed by atoms with Crippen molar-refractivity contribution in [2.24, 2.45) is 0 Å². The molecular weight excluding hydrogens is 144 g/mol. The maximum absolute atomic E-state index is 9.53. The number of hydrogen-bond donors (Lipinski definition) is 1. The lowest BCUT2D eigenvalue weighted by atomic mass is 10.4. The summed E-state index contributed by atoms with van der Waals surface area (Å²) in [7, 11) is 0. The van der Waals surface area contributed by atoms with Crippen molar-refractivity contribution in [2.75, 3.05) is 0 Å². The highest BCUT2D eigenvalue weighted by Crippen LogP contribution is 1.74. The van der Waals surface area contributed by atoms with E-state index in [1.54, 1.807) is 0 Å². The fourth-order valence-electron chi connectivity index (χ4n) is 0.192. The van der Waals surface area contributed by atoms with Crippen molar-refractivity contribution in [3.05, 3.63) is 38.3 Å². The van der Waals surface area contributed by atoms with Crippen molar-refractivity contribution < 1.29 is 14.6 Å². The summed E-state index contributed by atoms with van der Waals surface area (Å²) in [5.74, 6) is -0.829. The monoisotopic (exact) mass is 156 g/mol. The van der Waals surface area contributed by atoms with Gasteiger partial charge in [-0.05, 0) is 0 Å². The van der Waals surface area contributed by atoms with Gasteiger partial charge in [0.15, 0.2) is 0 Å². The molecule has 0 unspecified atom stereocenters. The quantitative estimate of drug-likeness (QED) is 0.499. The third-order valence-electron chi connectivity index (χ3n) is 0.511. The minimum Gasteiger partial charge on any atom is -0.481 e. The molecule has 0 spiro atoms. The topological polar surface area (TPSA) is 46.5 Å². The molecule has 1 N–H and O–H groups in total. The Morgan fingerprint density at radius 3 is 1.82 bits per heavy atom. The van der Waals surface area contributed by atoms with Gasteiger partial charge in [0.05, 0.1) is 18.9 Å². The highest BCUT2D eigenvalue weighted by molar-refractivity contribution is 5.68. The first-order valence-corrected chi connectivity index (χ1v) is 2.89. The van der Waals surface area contributed by atoms with Gasteiger partial charge in [-0.3, -0.25) is 4.79 Å². The van der Waals surface area contributed by atoms with E-state index in [2.05, 4.69) is 24.5 Å². The lowest BCUT2D eigenvalue weighted by Gasteiger charge is -1.76. The number of aliphatic carboxylic acids is 1. The molecule has 0 heterocycles. The molecule has 0 aliphatic heterocycles. The summed E-state index contributed by atoms with van der Waals surface area (Å²) in [4.78, 5) is 9.53. The summed E-state index contributed by atoms with van der Waals surface area (Å²) in [5.41, 5.74) is 0. The lowest BCUT2D eigenvalue weighted by Crippen LogP contribution is -1.88. The highest BCUT2D eigenvalue weighted by Gasteiger charge is 1.84. The van der Waals surface area contributed by atoms with Gasteiger partial charge in [-0.2, -0.15) is 0 Å². The van der Waals surface area contributed by atoms with Crippen LogP contribution in [0.4, 0.5) is 0 Å². The van der Waals surface area contributed by atoms with Crippen LogP contribution in [0.15, 0.2) is 38.3 Å². The van der Waals surface area contributed by atoms with Crippen LogP contribution in [0.2, 0.25) is 0 Å². The van der Waals surface area contributed by atoms with Crippen molar-refractivity contribution in [3.8, 4) is 0 Å². The molecule has 0 atom stereocenters. The molecule has 3 nitrogen and oxygen atoms in total. The average molecular weight is 156 g/mol. The Hall–Kier alpha value is -1.51. The Labute approximate surface area is 66.3 Å². The molecule has 0 rings (SSSR count). The zero-order valence-electron chi connectivity index (χ0n) is 6.32. The van der Waals surface area contributed by atoms with Crippen molar-refractivity contribution in [1.29, 1.82) is 0 Å². The number of ether oxygens (including phenoxy) is 1. The molecule has 0 aromatic carbocycles. The molecule has 0 fully saturated rings. The van der Waals surface area contributed by atoms with Gasteiger partial charge >= 0.3 is 5.97 Å². The zero-order chi connectivity index (χ0) is 9.11. The second-order valence-corrected chi connectivity index (χ2v) is 1.36. The van der Waals surface area contributed by atoms with E-state index < -0.39 is 5.97 Å². The molecule has 0 radical (unpaired) electrons. The van der Waals surface area contributed by atoms with Gasteiger partial charge in [-0.1, -0.05) is 19.2 Å². The first-order chi connectivity index (χ1) is 5.18. The summed E-state index contributed by atoms with van der Waals surface area (Å²) in [6, 6.07) is 0. The summed E-state index contributed by atoms with van der Waals surface area (Å²) in [6.07, 6.45) is 4.03. The number of carboxylic acids is 1. The molecule has 11 heavy (non-hydrogen) atoms. The predicted molar refractivity (Wildman–Crippen MR) is 43.9 cm³/mol. The maximum Gasteiger partial charge on any atom is 0.307 e. The summed E-state index contributed by atoms with van der Waals surface area (Å²) < 4.78 is 4.36. The Bertz CT molecular complexity index is 132. The fourth-order valence-corrected chi connectivity index (χ4v) is 0.192. The Kier molecular flexibility index (Phi) is 12.5. The smallest absolute Gasteiger partial charge is 0.307 e. The predicted octanol–water partition coefficient (Wildman–Crippen LogP) is 1.94. The van der Waals surface area contributed by atoms with Gasteiger partial charge in [0.1, 0.15) is 0 Å². The highest BCUT2D eigenvalue weighted by atomic mass is 16.5. The molecule has 0 amide bonds. The number of carboxylic acid groups (broad SMARTS) is 1. The average Bonchev–Trinajstić information content (AvgIpc) is 1.90. The molecule has 0 bridgehead atoms. The Morgan fingerprint density at radius 2 is 1.82 bits per heavy atom. The number of hydrogen-bond acceptors (Lipinski definition) is 2. The molecule has 3 heteroatoms. The van der Waals surface area contributed by atoms with Crippen molar-refractivity contribution in [3.63, 3.8) is 0 Å². The standard InChI is InChI=1S/C4H6O2.C4H6O/c1-2-3-4(5)6;1-3-5-4-2/h2H,1,3H2,(H,5,6);3-4H,1-2H2. The minimum atomic E-state index is -0.829. The summed E-state index contributed by atoms with van der Waals surface area (Å²) in [6.45, 7) is 9.73. The van der Waals surface area contributed by atoms with Crippen LogP contribution in [0.5, 0.6) is 0 Å². The molecule has 0 aromatic heterocycles. The van der Waals surface area contributed by atoms with Gasteiger partial charge in [0.2, 0.25) is 0 Å². The van der Waals surface area contributed by atoms with Crippen LogP contribution < -0.4 is 0 Å². The minimum absolute atomic E-state index is 0.0556. The fraction of sp³-hybridized carbons (Fsp3) is 0.125. The van der Waals surface area contributed by atoms with Gasteiger partial charge in [-0.15, -0.1) is 6.58 Å². The largest absolute Gasteiger partial charge is 0.481 e. The van der Waals surface area contributed by atoms with Gasteiger partial charge in [0, 0.05) is 0 Å². The van der Waals surface area contributed by atoms with E-state index in [9.17, 15) is 4.79 Å². The van der Waals surface area contributed by atoms with E-state index in [0.717, 1.165) is 0 Å². The van der Waals surface area contributed by atoms with Crippen LogP contribution in [0.25, 0.3) is 0 Å². The zero-order valence-corrected chi connectivity index (χ0v) is 6.32. The van der Waals surface area contributed by atoms with Crippen molar-refractivity contribution in [1.82, 2.24) is 0 Å². The Morgan fingerprint density at radius 1 is 1.36 bits per heavy atom. The first-order valence-electron chi connectivity index (χ1n) is 2.89. The third kappa shape index (κ3) is 29.4. The summed E-state index contributed by atoms with van der Waals surface area (Å²) in [5, 5.41) is 7.84. The maximum atomic E-state index is 9.53. The van der Waals surface area contributed by atoms with Crippen molar-refractivity contribution >= 4 is 5.97 Å². The van der Waals surface area contributed by atoms with Gasteiger partial charge in [0.25, 0.3) is 0 Å². The van der Waals surface area contributed by atoms with Crippen LogP contribution in [0, 0.1) is 0 Å². The summed E-state index contributed by atoms with van der Waals surface area (Å²) >= 11 is 0. The SMILES string of the molecule is C=CCC(=O)O.C=COC=C. The van der Waals surface area contributed by atoms with Gasteiger partial charge in [-0.25, -0.2) is 0 Å². The third-order valence-corrected chi connectivity index (χ3v) is 0.511. The van der Waals surface area contributed by atoms with Crippen LogP contribution in [-0.4, -0.2) is 11.1 Å². The molecule has 0 saturated carbocycles. The molecule has 62 valence electrons. The lowest BCUT2D eigenvalue weighted by molar-refractivity contribution is -0.135. The normalized spacial score (nSPS) is 6.55. The molecule has 0 saturated heterocycles. The second-order valence-electron chi connectivity index (χ2n) is 1.36. The van der Waals surface area contributed by atoms with E-state index in [-0.39, 0.29) is 6.42 Å². The van der Waals surface area contributed by atoms with Crippen molar-refractivity contribution in [2.45, 2.75) is 6.42 Å². The first kappa shape index (κ1) is 12.2. The molecule has 0 aromatic rings. The molecule has 0 aliphatic rings. The van der Waals surface area contributed by atoms with E-state index in [4.69, 9.17) is 5.11 Å². The second kappa shape index (κ2) is 11.3. The van der Waals surface area contributed by atoms with E-state index in [0.29, 0.717) is 0 Å². The Balaban J connectivity index is 0. The number of carbonyl (C=O) groups is 1. The van der Waals surface area contributed by atoms with Gasteiger partial charge < -0.3 is 9.84 Å². The van der Waals surface area contributed by atoms with E-state index in [1.807, 2.05) is 0 Å². The van der Waals surface area contributed by atoms with E-state index in [1.165, 1.54) is 18.6 Å². The number of rotatable bonds is 4. The van der Waals surface area contributed by atoms with Crippen LogP contribution >= 0.6 is 0 Å². The molecular formula is C8H12O3. The van der Waals surface area contributed by atoms with Crippen LogP contribution in [0.3, 0.4) is 0 Å². The van der Waals surface area contributed by atoms with Crippen LogP contribution in [0.1, 0.15) is 6.42 Å². The molecule has 0 aliphatic carbocycles. The van der Waals surface area contributed by atoms with Crippen LogP contribution in [-0.2, 0) is 9.53 Å². The van der Waals surface area contributed by atoms with E-state index >= 15 is 0 Å².